The lowest BCUT2D eigenvalue weighted by Gasteiger charge is -2.12. The third-order valence-electron chi connectivity index (χ3n) is 1.80. The van der Waals surface area contributed by atoms with Crippen molar-refractivity contribution in [3.63, 3.8) is 0 Å². The molecule has 0 unspecified atom stereocenters. The standard InChI is InChI=1S/C10H13NO2S2/c1-15-8-4-2-3-7(13-6-5-12)9(8)10(11)14/h2-4,12H,5-6H2,1H3,(H2,11,14). The Morgan fingerprint density at radius 2 is 2.33 bits per heavy atom. The van der Waals surface area contributed by atoms with Gasteiger partial charge in [0, 0.05) is 4.90 Å². The van der Waals surface area contributed by atoms with Crippen LogP contribution in [0.1, 0.15) is 5.56 Å². The number of rotatable bonds is 5. The topological polar surface area (TPSA) is 55.5 Å². The van der Waals surface area contributed by atoms with Gasteiger partial charge in [-0.15, -0.1) is 11.8 Å². The Kier molecular flexibility index (Phi) is 4.87. The second kappa shape index (κ2) is 5.95. The molecule has 0 aromatic heterocycles. The zero-order valence-corrected chi connectivity index (χ0v) is 10.0. The maximum Gasteiger partial charge on any atom is 0.130 e. The van der Waals surface area contributed by atoms with Gasteiger partial charge in [-0.05, 0) is 18.4 Å². The van der Waals surface area contributed by atoms with Crippen LogP contribution in [0.2, 0.25) is 0 Å². The van der Waals surface area contributed by atoms with Crippen molar-refractivity contribution in [3.8, 4) is 5.75 Å². The van der Waals surface area contributed by atoms with E-state index in [1.54, 1.807) is 17.8 Å². The van der Waals surface area contributed by atoms with Gasteiger partial charge in [-0.25, -0.2) is 0 Å². The van der Waals surface area contributed by atoms with Crippen LogP contribution < -0.4 is 10.5 Å². The Labute approximate surface area is 98.6 Å². The average molecular weight is 243 g/mol. The summed E-state index contributed by atoms with van der Waals surface area (Å²) in [7, 11) is 0. The third-order valence-corrected chi connectivity index (χ3v) is 2.79. The van der Waals surface area contributed by atoms with Crippen LogP contribution in [-0.4, -0.2) is 29.6 Å². The summed E-state index contributed by atoms with van der Waals surface area (Å²) in [4.78, 5) is 1.30. The van der Waals surface area contributed by atoms with E-state index in [9.17, 15) is 0 Å². The maximum absolute atomic E-state index is 8.69. The smallest absolute Gasteiger partial charge is 0.130 e. The van der Waals surface area contributed by atoms with Crippen LogP contribution in [-0.2, 0) is 0 Å². The van der Waals surface area contributed by atoms with Gasteiger partial charge in [-0.2, -0.15) is 0 Å². The van der Waals surface area contributed by atoms with Gasteiger partial charge in [-0.1, -0.05) is 18.3 Å². The van der Waals surface area contributed by atoms with Crippen molar-refractivity contribution in [3.05, 3.63) is 23.8 Å². The van der Waals surface area contributed by atoms with Gasteiger partial charge in [0.2, 0.25) is 0 Å². The SMILES string of the molecule is CSc1cccc(OCCO)c1C(N)=S. The number of ether oxygens (including phenoxy) is 1. The molecule has 0 saturated heterocycles. The zero-order valence-electron chi connectivity index (χ0n) is 8.40. The van der Waals surface area contributed by atoms with Crippen LogP contribution in [0.25, 0.3) is 0 Å². The first-order valence-electron chi connectivity index (χ1n) is 4.41. The Morgan fingerprint density at radius 3 is 2.87 bits per heavy atom. The van der Waals surface area contributed by atoms with Crippen molar-refractivity contribution in [2.45, 2.75) is 4.90 Å². The first-order chi connectivity index (χ1) is 7.20. The molecule has 0 bridgehead atoms. The van der Waals surface area contributed by atoms with Crippen LogP contribution in [0, 0.1) is 0 Å². The minimum atomic E-state index is -0.0275. The van der Waals surface area contributed by atoms with Gasteiger partial charge in [0.15, 0.2) is 0 Å². The predicted octanol–water partition coefficient (Wildman–Crippen LogP) is 1.41. The number of aliphatic hydroxyl groups is 1. The fourth-order valence-electron chi connectivity index (χ4n) is 1.20. The van der Waals surface area contributed by atoms with Gasteiger partial charge in [-0.3, -0.25) is 0 Å². The predicted molar refractivity (Wildman–Crippen MR) is 66.7 cm³/mol. The number of benzene rings is 1. The molecule has 0 saturated carbocycles. The average Bonchev–Trinajstić information content (AvgIpc) is 2.25. The number of hydrogen-bond donors (Lipinski definition) is 2. The van der Waals surface area contributed by atoms with Gasteiger partial charge in [0.05, 0.1) is 12.2 Å². The fraction of sp³-hybridized carbons (Fsp3) is 0.300. The summed E-state index contributed by atoms with van der Waals surface area (Å²) >= 11 is 6.54. The largest absolute Gasteiger partial charge is 0.490 e. The monoisotopic (exact) mass is 243 g/mol. The van der Waals surface area contributed by atoms with Crippen molar-refractivity contribution in [2.24, 2.45) is 5.73 Å². The molecule has 3 nitrogen and oxygen atoms in total. The summed E-state index contributed by atoms with van der Waals surface area (Å²) in [6, 6.07) is 5.61. The molecule has 0 spiro atoms. The molecule has 0 heterocycles. The molecule has 15 heavy (non-hydrogen) atoms. The van der Waals surface area contributed by atoms with E-state index in [0.29, 0.717) is 10.7 Å². The highest BCUT2D eigenvalue weighted by molar-refractivity contribution is 7.98. The van der Waals surface area contributed by atoms with Crippen LogP contribution >= 0.6 is 24.0 Å². The van der Waals surface area contributed by atoms with Gasteiger partial charge < -0.3 is 15.6 Å². The van der Waals surface area contributed by atoms with Gasteiger partial charge >= 0.3 is 0 Å². The molecule has 0 aliphatic carbocycles. The molecule has 1 aromatic rings. The molecular formula is C10H13NO2S2. The van der Waals surface area contributed by atoms with Crippen molar-refractivity contribution in [1.29, 1.82) is 0 Å². The Hall–Kier alpha value is -0.780. The molecule has 0 radical (unpaired) electrons. The van der Waals surface area contributed by atoms with Gasteiger partial charge in [0.25, 0.3) is 0 Å². The lowest BCUT2D eigenvalue weighted by atomic mass is 10.2. The molecule has 1 rings (SSSR count). The summed E-state index contributed by atoms with van der Waals surface area (Å²) in [5.74, 6) is 0.628. The quantitative estimate of drug-likeness (QED) is 0.605. The molecule has 82 valence electrons. The normalized spacial score (nSPS) is 10.0. The zero-order chi connectivity index (χ0) is 11.3. The van der Waals surface area contributed by atoms with Crippen LogP contribution in [0.15, 0.2) is 23.1 Å². The second-order valence-corrected chi connectivity index (χ2v) is 4.06. The first-order valence-corrected chi connectivity index (χ1v) is 6.04. The summed E-state index contributed by atoms with van der Waals surface area (Å²) < 4.78 is 5.36. The van der Waals surface area contributed by atoms with E-state index in [2.05, 4.69) is 0 Å². The van der Waals surface area contributed by atoms with E-state index in [1.165, 1.54) is 0 Å². The molecular weight excluding hydrogens is 230 g/mol. The molecule has 0 fully saturated rings. The van der Waals surface area contributed by atoms with Crippen LogP contribution in [0.3, 0.4) is 0 Å². The van der Waals surface area contributed by atoms with E-state index in [-0.39, 0.29) is 13.2 Å². The highest BCUT2D eigenvalue weighted by atomic mass is 32.2. The fourth-order valence-corrected chi connectivity index (χ4v) is 2.10. The Balaban J connectivity index is 3.07. The molecule has 5 heteroatoms. The molecule has 0 amide bonds. The molecule has 1 aromatic carbocycles. The second-order valence-electron chi connectivity index (χ2n) is 2.77. The number of thiocarbonyl (C=S) groups is 1. The molecule has 3 N–H and O–H groups in total. The maximum atomic E-state index is 8.69. The van der Waals surface area contributed by atoms with Crippen molar-refractivity contribution in [2.75, 3.05) is 19.5 Å². The highest BCUT2D eigenvalue weighted by Gasteiger charge is 2.11. The lowest BCUT2D eigenvalue weighted by Crippen LogP contribution is -2.14. The van der Waals surface area contributed by atoms with E-state index >= 15 is 0 Å². The Morgan fingerprint density at radius 1 is 1.60 bits per heavy atom. The van der Waals surface area contributed by atoms with E-state index in [0.717, 1.165) is 10.5 Å². The number of thioether (sulfide) groups is 1. The summed E-state index contributed by atoms with van der Waals surface area (Å²) in [6.45, 7) is 0.216. The van der Waals surface area contributed by atoms with E-state index < -0.39 is 0 Å². The summed E-state index contributed by atoms with van der Waals surface area (Å²) in [5.41, 5.74) is 6.38. The number of nitrogens with two attached hydrogens (primary N) is 1. The van der Waals surface area contributed by atoms with Crippen molar-refractivity contribution < 1.29 is 9.84 Å². The lowest BCUT2D eigenvalue weighted by molar-refractivity contribution is 0.201. The van der Waals surface area contributed by atoms with Crippen LogP contribution in [0.5, 0.6) is 5.75 Å². The van der Waals surface area contributed by atoms with Gasteiger partial charge in [0.1, 0.15) is 17.3 Å². The minimum Gasteiger partial charge on any atom is -0.490 e. The highest BCUT2D eigenvalue weighted by Crippen LogP contribution is 2.28. The molecule has 0 aliphatic heterocycles. The third kappa shape index (κ3) is 3.09. The summed E-state index contributed by atoms with van der Waals surface area (Å²) in [5, 5.41) is 8.69. The van der Waals surface area contributed by atoms with Crippen LogP contribution in [0.4, 0.5) is 0 Å². The number of aliphatic hydroxyl groups excluding tert-OH is 1. The van der Waals surface area contributed by atoms with Crippen molar-refractivity contribution in [1.82, 2.24) is 0 Å². The van der Waals surface area contributed by atoms with E-state index in [4.69, 9.17) is 27.8 Å². The number of hydrogen-bond acceptors (Lipinski definition) is 4. The minimum absolute atomic E-state index is 0.0275. The van der Waals surface area contributed by atoms with Crippen molar-refractivity contribution >= 4 is 29.0 Å². The first kappa shape index (κ1) is 12.3. The molecule has 0 atom stereocenters. The van der Waals surface area contributed by atoms with E-state index in [1.807, 2.05) is 18.4 Å². The Bertz CT molecular complexity index is 355. The summed E-state index contributed by atoms with van der Waals surface area (Å²) in [6.07, 6.45) is 1.95. The molecule has 0 aliphatic rings.